The fourth-order valence-electron chi connectivity index (χ4n) is 3.31. The van der Waals surface area contributed by atoms with Gasteiger partial charge in [0.2, 0.25) is 5.91 Å². The Morgan fingerprint density at radius 2 is 1.81 bits per heavy atom. The number of aromatic carboxylic acids is 1. The minimum absolute atomic E-state index is 0.0306. The molecule has 0 spiro atoms. The molecule has 2 rings (SSSR count). The molecular weight excluding hydrogens is 342 g/mol. The molecule has 1 aromatic carbocycles. The Balaban J connectivity index is 2.26. The van der Waals surface area contributed by atoms with Crippen LogP contribution in [0.1, 0.15) is 59.2 Å². The van der Waals surface area contributed by atoms with Gasteiger partial charge in [0.1, 0.15) is 0 Å². The molecule has 4 N–H and O–H groups in total. The van der Waals surface area contributed by atoms with Gasteiger partial charge in [-0.15, -0.1) is 0 Å². The molecule has 1 fully saturated rings. The fourth-order valence-corrected chi connectivity index (χ4v) is 3.31. The standard InChI is InChI=1S/C17H21N3O6/c18-15(21)9-14(10-4-2-1-3-5-10)19-16(22)11-6-12(17(23)24)8-13(7-11)20(25)26/h6-8,10,14H,1-5,9H2,(H2,18,21)(H,19,22)(H,23,24). The SMILES string of the molecule is NC(=O)CC(NC(=O)c1cc(C(=O)O)cc([N+](=O)[O-])c1)C1CCCCC1. The average Bonchev–Trinajstić information content (AvgIpc) is 2.61. The summed E-state index contributed by atoms with van der Waals surface area (Å²) in [5.41, 5.74) is 4.31. The molecule has 0 bridgehead atoms. The van der Waals surface area contributed by atoms with E-state index in [1.807, 2.05) is 0 Å². The summed E-state index contributed by atoms with van der Waals surface area (Å²) in [6.45, 7) is 0. The van der Waals surface area contributed by atoms with Crippen LogP contribution in [-0.2, 0) is 4.79 Å². The van der Waals surface area contributed by atoms with Gasteiger partial charge in [-0.2, -0.15) is 0 Å². The van der Waals surface area contributed by atoms with E-state index in [0.717, 1.165) is 50.3 Å². The maximum atomic E-state index is 12.6. The molecule has 0 heterocycles. The van der Waals surface area contributed by atoms with Gasteiger partial charge in [-0.1, -0.05) is 19.3 Å². The van der Waals surface area contributed by atoms with Crippen molar-refractivity contribution in [3.8, 4) is 0 Å². The summed E-state index contributed by atoms with van der Waals surface area (Å²) in [5, 5.41) is 22.8. The van der Waals surface area contributed by atoms with Crippen molar-refractivity contribution in [1.29, 1.82) is 0 Å². The number of hydrogen-bond donors (Lipinski definition) is 3. The number of carbonyl (C=O) groups is 3. The molecule has 0 saturated heterocycles. The number of nitrogens with two attached hydrogens (primary N) is 1. The van der Waals surface area contributed by atoms with Gasteiger partial charge < -0.3 is 16.2 Å². The Hall–Kier alpha value is -2.97. The minimum atomic E-state index is -1.37. The van der Waals surface area contributed by atoms with Crippen LogP contribution in [0.4, 0.5) is 5.69 Å². The summed E-state index contributed by atoms with van der Waals surface area (Å²) in [4.78, 5) is 45.3. The van der Waals surface area contributed by atoms with Gasteiger partial charge >= 0.3 is 5.97 Å². The van der Waals surface area contributed by atoms with Crippen molar-refractivity contribution in [1.82, 2.24) is 5.32 Å². The van der Waals surface area contributed by atoms with Gasteiger partial charge in [0.05, 0.1) is 10.5 Å². The van der Waals surface area contributed by atoms with Gasteiger partial charge in [0.15, 0.2) is 0 Å². The molecule has 1 aliphatic carbocycles. The minimum Gasteiger partial charge on any atom is -0.478 e. The molecule has 1 aliphatic rings. The number of nitrogens with zero attached hydrogens (tertiary/aromatic N) is 1. The van der Waals surface area contributed by atoms with Gasteiger partial charge in [0.25, 0.3) is 11.6 Å². The Morgan fingerprint density at radius 3 is 2.35 bits per heavy atom. The second kappa shape index (κ2) is 8.41. The topological polar surface area (TPSA) is 153 Å². The number of nitro groups is 1. The number of hydrogen-bond acceptors (Lipinski definition) is 5. The van der Waals surface area contributed by atoms with Crippen molar-refractivity contribution in [2.24, 2.45) is 11.7 Å². The zero-order valence-electron chi connectivity index (χ0n) is 14.1. The number of amides is 2. The Kier molecular flexibility index (Phi) is 6.26. The number of carboxylic acids is 1. The van der Waals surface area contributed by atoms with Crippen LogP contribution in [-0.4, -0.2) is 33.9 Å². The Bertz CT molecular complexity index is 695. The lowest BCUT2D eigenvalue weighted by Crippen LogP contribution is -2.43. The summed E-state index contributed by atoms with van der Waals surface area (Å²) in [7, 11) is 0. The number of carbonyl (C=O) groups excluding carboxylic acids is 2. The monoisotopic (exact) mass is 363 g/mol. The predicted octanol–water partition coefficient (Wildman–Crippen LogP) is 1.85. The van der Waals surface area contributed by atoms with E-state index in [2.05, 4.69) is 5.32 Å². The Labute approximate surface area is 149 Å². The van der Waals surface area contributed by atoms with Crippen LogP contribution in [0.2, 0.25) is 0 Å². The van der Waals surface area contributed by atoms with Crippen molar-refractivity contribution in [2.75, 3.05) is 0 Å². The first-order valence-electron chi connectivity index (χ1n) is 8.40. The molecule has 9 nitrogen and oxygen atoms in total. The molecule has 1 unspecified atom stereocenters. The van der Waals surface area contributed by atoms with E-state index in [1.54, 1.807) is 0 Å². The Morgan fingerprint density at radius 1 is 1.19 bits per heavy atom. The van der Waals surface area contributed by atoms with E-state index < -0.39 is 34.4 Å². The van der Waals surface area contributed by atoms with Crippen LogP contribution >= 0.6 is 0 Å². The first-order chi connectivity index (χ1) is 12.3. The van der Waals surface area contributed by atoms with Crippen molar-refractivity contribution in [3.63, 3.8) is 0 Å². The van der Waals surface area contributed by atoms with Crippen molar-refractivity contribution in [3.05, 3.63) is 39.4 Å². The maximum absolute atomic E-state index is 12.6. The first kappa shape index (κ1) is 19.4. The summed E-state index contributed by atoms with van der Waals surface area (Å²) in [6, 6.07) is 2.51. The molecule has 0 aliphatic heterocycles. The lowest BCUT2D eigenvalue weighted by molar-refractivity contribution is -0.384. The number of benzene rings is 1. The molecule has 1 aromatic rings. The number of carboxylic acid groups (broad SMARTS) is 1. The highest BCUT2D eigenvalue weighted by atomic mass is 16.6. The highest BCUT2D eigenvalue weighted by Crippen LogP contribution is 2.28. The lowest BCUT2D eigenvalue weighted by atomic mass is 9.82. The van der Waals surface area contributed by atoms with Crippen molar-refractivity contribution in [2.45, 2.75) is 44.6 Å². The molecular formula is C17H21N3O6. The van der Waals surface area contributed by atoms with Gasteiger partial charge in [-0.25, -0.2) is 4.79 Å². The number of nitrogens with one attached hydrogen (secondary N) is 1. The van der Waals surface area contributed by atoms with Crippen LogP contribution < -0.4 is 11.1 Å². The van der Waals surface area contributed by atoms with Crippen molar-refractivity contribution < 1.29 is 24.4 Å². The summed E-state index contributed by atoms with van der Waals surface area (Å²) in [6.07, 6.45) is 4.77. The maximum Gasteiger partial charge on any atom is 0.335 e. The zero-order valence-corrected chi connectivity index (χ0v) is 14.1. The molecule has 0 radical (unpaired) electrons. The average molecular weight is 363 g/mol. The van der Waals surface area contributed by atoms with Crippen LogP contribution in [0.15, 0.2) is 18.2 Å². The van der Waals surface area contributed by atoms with Crippen LogP contribution in [0, 0.1) is 16.0 Å². The number of non-ortho nitro benzene ring substituents is 1. The molecule has 1 atom stereocenters. The number of primary amides is 1. The van der Waals surface area contributed by atoms with E-state index in [9.17, 15) is 24.5 Å². The zero-order chi connectivity index (χ0) is 19.3. The van der Waals surface area contributed by atoms with Gasteiger partial charge in [0, 0.05) is 30.2 Å². The lowest BCUT2D eigenvalue weighted by Gasteiger charge is -2.30. The summed E-state index contributed by atoms with van der Waals surface area (Å²) in [5.74, 6) is -2.49. The van der Waals surface area contributed by atoms with E-state index in [-0.39, 0.29) is 23.5 Å². The molecule has 1 saturated carbocycles. The quantitative estimate of drug-likeness (QED) is 0.496. The summed E-state index contributed by atoms with van der Waals surface area (Å²) >= 11 is 0. The van der Waals surface area contributed by atoms with E-state index in [4.69, 9.17) is 10.8 Å². The smallest absolute Gasteiger partial charge is 0.335 e. The van der Waals surface area contributed by atoms with Crippen LogP contribution in [0.25, 0.3) is 0 Å². The molecule has 9 heteroatoms. The third kappa shape index (κ3) is 5.01. The third-order valence-corrected chi connectivity index (χ3v) is 4.59. The molecule has 140 valence electrons. The van der Waals surface area contributed by atoms with Crippen molar-refractivity contribution >= 4 is 23.5 Å². The predicted molar refractivity (Wildman–Crippen MR) is 91.7 cm³/mol. The van der Waals surface area contributed by atoms with Gasteiger partial charge in [-0.05, 0) is 24.8 Å². The van der Waals surface area contributed by atoms with Crippen LogP contribution in [0.5, 0.6) is 0 Å². The second-order valence-electron chi connectivity index (χ2n) is 6.48. The van der Waals surface area contributed by atoms with E-state index in [1.165, 1.54) is 0 Å². The normalized spacial score (nSPS) is 15.8. The van der Waals surface area contributed by atoms with Gasteiger partial charge in [-0.3, -0.25) is 19.7 Å². The fraction of sp³-hybridized carbons (Fsp3) is 0.471. The third-order valence-electron chi connectivity index (χ3n) is 4.59. The van der Waals surface area contributed by atoms with E-state index >= 15 is 0 Å². The largest absolute Gasteiger partial charge is 0.478 e. The summed E-state index contributed by atoms with van der Waals surface area (Å²) < 4.78 is 0. The van der Waals surface area contributed by atoms with E-state index in [0.29, 0.717) is 0 Å². The number of nitro benzene ring substituents is 1. The first-order valence-corrected chi connectivity index (χ1v) is 8.40. The number of rotatable bonds is 7. The van der Waals surface area contributed by atoms with Crippen LogP contribution in [0.3, 0.4) is 0 Å². The molecule has 0 aromatic heterocycles. The second-order valence-corrected chi connectivity index (χ2v) is 6.48. The molecule has 2 amide bonds. The highest BCUT2D eigenvalue weighted by molar-refractivity contribution is 5.98. The highest BCUT2D eigenvalue weighted by Gasteiger charge is 2.27. The molecule has 26 heavy (non-hydrogen) atoms.